The van der Waals surface area contributed by atoms with Crippen molar-refractivity contribution in [3.8, 4) is 22.6 Å². The first-order valence-electron chi connectivity index (χ1n) is 12.5. The zero-order chi connectivity index (χ0) is 26.6. The molecule has 3 aromatic carbocycles. The molecular formula is C29H32F3NO4. The zero-order valence-electron chi connectivity index (χ0n) is 21.1. The van der Waals surface area contributed by atoms with E-state index in [2.05, 4.69) is 0 Å². The molecular weight excluding hydrogens is 483 g/mol. The van der Waals surface area contributed by atoms with E-state index < -0.39 is 18.6 Å². The Labute approximate surface area is 214 Å². The van der Waals surface area contributed by atoms with E-state index >= 15 is 0 Å². The van der Waals surface area contributed by atoms with Gasteiger partial charge in [0, 0.05) is 19.5 Å². The number of carboxylic acid groups (broad SMARTS) is 1. The van der Waals surface area contributed by atoms with Gasteiger partial charge in [0.25, 0.3) is 0 Å². The van der Waals surface area contributed by atoms with E-state index in [-0.39, 0.29) is 18.9 Å². The molecule has 1 atom stereocenters. The quantitative estimate of drug-likeness (QED) is 0.345. The van der Waals surface area contributed by atoms with Gasteiger partial charge in [0.1, 0.15) is 11.5 Å². The third-order valence-electron chi connectivity index (χ3n) is 7.11. The molecule has 0 bridgehead atoms. The summed E-state index contributed by atoms with van der Waals surface area (Å²) in [5.41, 5.74) is 3.64. The number of piperidine rings is 1. The first kappa shape index (κ1) is 26.8. The van der Waals surface area contributed by atoms with Crippen LogP contribution in [0.2, 0.25) is 0 Å². The van der Waals surface area contributed by atoms with Crippen molar-refractivity contribution in [2.24, 2.45) is 0 Å². The van der Waals surface area contributed by atoms with Crippen LogP contribution in [0.4, 0.5) is 13.2 Å². The summed E-state index contributed by atoms with van der Waals surface area (Å²) in [5.74, 6) is 0.496. The van der Waals surface area contributed by atoms with Gasteiger partial charge in [0.2, 0.25) is 0 Å². The maximum Gasteiger partial charge on any atom is 0.390 e. The van der Waals surface area contributed by atoms with Crippen LogP contribution < -0.4 is 9.47 Å². The summed E-state index contributed by atoms with van der Waals surface area (Å²) in [6.45, 7) is 1.23. The summed E-state index contributed by atoms with van der Waals surface area (Å²) in [6, 6.07) is 15.7. The average molecular weight is 516 g/mol. The molecule has 1 fully saturated rings. The van der Waals surface area contributed by atoms with E-state index in [4.69, 9.17) is 14.6 Å². The number of aryl methyl sites for hydroxylation is 1. The smallest absolute Gasteiger partial charge is 0.390 e. The number of methoxy groups -OCH3 is 2. The van der Waals surface area contributed by atoms with Crippen LogP contribution >= 0.6 is 0 Å². The highest BCUT2D eigenvalue weighted by Gasteiger charge is 2.30. The van der Waals surface area contributed by atoms with Gasteiger partial charge in [-0.1, -0.05) is 36.4 Å². The minimum absolute atomic E-state index is 0.00652. The summed E-state index contributed by atoms with van der Waals surface area (Å²) in [5, 5.41) is 11.1. The van der Waals surface area contributed by atoms with Crippen LogP contribution in [0.1, 0.15) is 42.7 Å². The Balaban J connectivity index is 1.71. The third-order valence-corrected chi connectivity index (χ3v) is 7.11. The number of fused-ring (bicyclic) bond motifs is 1. The van der Waals surface area contributed by atoms with Crippen LogP contribution in [0.3, 0.4) is 0 Å². The van der Waals surface area contributed by atoms with Crippen molar-refractivity contribution in [3.05, 3.63) is 59.7 Å². The molecule has 0 amide bonds. The molecule has 1 aliphatic rings. The Morgan fingerprint density at radius 2 is 1.73 bits per heavy atom. The number of carbonyl (C=O) groups is 1. The van der Waals surface area contributed by atoms with Gasteiger partial charge in [0.05, 0.1) is 26.2 Å². The summed E-state index contributed by atoms with van der Waals surface area (Å²) < 4.78 is 49.9. The molecule has 8 heteroatoms. The number of rotatable bonds is 9. The molecule has 1 heterocycles. The molecule has 1 N–H and O–H groups in total. The lowest BCUT2D eigenvalue weighted by atomic mass is 9.87. The highest BCUT2D eigenvalue weighted by atomic mass is 19.4. The lowest BCUT2D eigenvalue weighted by Crippen LogP contribution is -2.36. The van der Waals surface area contributed by atoms with Gasteiger partial charge in [0.15, 0.2) is 0 Å². The Morgan fingerprint density at radius 1 is 1.05 bits per heavy atom. The SMILES string of the molecule is COc1cc(C2CCCN(CCC(F)(F)F)C2)cc(OC)c1-c1cccc2c(CCC(=O)O)cccc12. The number of alkyl halides is 3. The second kappa shape index (κ2) is 11.4. The normalized spacial score (nSPS) is 16.6. The van der Waals surface area contributed by atoms with Gasteiger partial charge in [-0.3, -0.25) is 4.79 Å². The minimum atomic E-state index is -4.16. The van der Waals surface area contributed by atoms with E-state index in [1.165, 1.54) is 0 Å². The molecule has 0 saturated carbocycles. The van der Waals surface area contributed by atoms with Crippen LogP contribution in [-0.4, -0.2) is 56.0 Å². The number of hydrogen-bond acceptors (Lipinski definition) is 4. The predicted octanol–water partition coefficient (Wildman–Crippen LogP) is 6.67. The number of ether oxygens (including phenoxy) is 2. The average Bonchev–Trinajstić information content (AvgIpc) is 2.89. The van der Waals surface area contributed by atoms with Gasteiger partial charge in [-0.2, -0.15) is 13.2 Å². The number of hydrogen-bond donors (Lipinski definition) is 1. The van der Waals surface area contributed by atoms with Crippen LogP contribution in [0.5, 0.6) is 11.5 Å². The van der Waals surface area contributed by atoms with Crippen LogP contribution in [0.15, 0.2) is 48.5 Å². The van der Waals surface area contributed by atoms with E-state index in [9.17, 15) is 18.0 Å². The van der Waals surface area contributed by atoms with Crippen molar-refractivity contribution in [3.63, 3.8) is 0 Å². The van der Waals surface area contributed by atoms with Crippen molar-refractivity contribution in [1.29, 1.82) is 0 Å². The molecule has 3 aromatic rings. The second-order valence-corrected chi connectivity index (χ2v) is 9.52. The molecule has 1 aliphatic heterocycles. The first-order valence-corrected chi connectivity index (χ1v) is 12.5. The number of likely N-dealkylation sites (tertiary alicyclic amines) is 1. The fraction of sp³-hybridized carbons (Fsp3) is 0.414. The van der Waals surface area contributed by atoms with Crippen molar-refractivity contribution < 1.29 is 32.5 Å². The predicted molar refractivity (Wildman–Crippen MR) is 138 cm³/mol. The first-order chi connectivity index (χ1) is 17.7. The number of nitrogens with zero attached hydrogens (tertiary/aromatic N) is 1. The maximum atomic E-state index is 12.8. The molecule has 1 unspecified atom stereocenters. The number of aliphatic carboxylic acids is 1. The summed E-state index contributed by atoms with van der Waals surface area (Å²) in [4.78, 5) is 13.0. The van der Waals surface area contributed by atoms with Crippen molar-refractivity contribution in [2.75, 3.05) is 33.9 Å². The van der Waals surface area contributed by atoms with Crippen molar-refractivity contribution in [1.82, 2.24) is 4.90 Å². The Hall–Kier alpha value is -3.26. The Bertz CT molecular complexity index is 1230. The summed E-state index contributed by atoms with van der Waals surface area (Å²) >= 11 is 0. The van der Waals surface area contributed by atoms with Crippen molar-refractivity contribution in [2.45, 2.75) is 44.2 Å². The fourth-order valence-electron chi connectivity index (χ4n) is 5.30. The minimum Gasteiger partial charge on any atom is -0.496 e. The molecule has 5 nitrogen and oxygen atoms in total. The van der Waals surface area contributed by atoms with Gasteiger partial charge in [-0.15, -0.1) is 0 Å². The van der Waals surface area contributed by atoms with Gasteiger partial charge in [-0.25, -0.2) is 0 Å². The lowest BCUT2D eigenvalue weighted by molar-refractivity contribution is -0.139. The fourth-order valence-corrected chi connectivity index (χ4v) is 5.30. The Morgan fingerprint density at radius 3 is 2.38 bits per heavy atom. The molecule has 198 valence electrons. The molecule has 1 saturated heterocycles. The molecule has 4 rings (SSSR count). The largest absolute Gasteiger partial charge is 0.496 e. The van der Waals surface area contributed by atoms with E-state index in [1.807, 2.05) is 53.4 Å². The van der Waals surface area contributed by atoms with Crippen LogP contribution in [-0.2, 0) is 11.2 Å². The second-order valence-electron chi connectivity index (χ2n) is 9.52. The molecule has 0 aromatic heterocycles. The lowest BCUT2D eigenvalue weighted by Gasteiger charge is -2.33. The highest BCUT2D eigenvalue weighted by Crippen LogP contribution is 2.45. The van der Waals surface area contributed by atoms with Crippen molar-refractivity contribution >= 4 is 16.7 Å². The summed E-state index contributed by atoms with van der Waals surface area (Å²) in [6.07, 6.45) is -2.78. The maximum absolute atomic E-state index is 12.8. The third kappa shape index (κ3) is 6.36. The molecule has 0 radical (unpaired) electrons. The van der Waals surface area contributed by atoms with Gasteiger partial charge < -0.3 is 19.5 Å². The van der Waals surface area contributed by atoms with Crippen LogP contribution in [0, 0.1) is 0 Å². The van der Waals surface area contributed by atoms with Gasteiger partial charge in [-0.05, 0) is 71.3 Å². The van der Waals surface area contributed by atoms with Crippen LogP contribution in [0.25, 0.3) is 21.9 Å². The standard InChI is InChI=1S/C29H32F3NO4/c1-36-25-16-21(20-7-5-14-33(18-20)15-13-29(30,31)32)17-26(37-2)28(25)24-10-4-8-22-19(11-12-27(34)35)6-3-9-23(22)24/h3-4,6,8-10,16-17,20H,5,7,11-15,18H2,1-2H3,(H,34,35). The number of benzene rings is 3. The van der Waals surface area contributed by atoms with Gasteiger partial charge >= 0.3 is 12.1 Å². The monoisotopic (exact) mass is 515 g/mol. The number of carboxylic acids is 1. The molecule has 37 heavy (non-hydrogen) atoms. The van der Waals surface area contributed by atoms with E-state index in [0.29, 0.717) is 31.0 Å². The zero-order valence-corrected chi connectivity index (χ0v) is 21.1. The molecule has 0 aliphatic carbocycles. The summed E-state index contributed by atoms with van der Waals surface area (Å²) in [7, 11) is 3.20. The van der Waals surface area contributed by atoms with E-state index in [1.54, 1.807) is 14.2 Å². The highest BCUT2D eigenvalue weighted by molar-refractivity contribution is 6.01. The topological polar surface area (TPSA) is 59.0 Å². The Kier molecular flexibility index (Phi) is 8.27. The van der Waals surface area contributed by atoms with E-state index in [0.717, 1.165) is 45.9 Å². The number of halogens is 3. The molecule has 0 spiro atoms.